The zero-order valence-corrected chi connectivity index (χ0v) is 14.5. The fourth-order valence-corrected chi connectivity index (χ4v) is 3.13. The van der Waals surface area contributed by atoms with E-state index in [-0.39, 0.29) is 28.2 Å². The van der Waals surface area contributed by atoms with Crippen LogP contribution in [-0.4, -0.2) is 15.1 Å². The van der Waals surface area contributed by atoms with Gasteiger partial charge in [-0.05, 0) is 37.3 Å². The quantitative estimate of drug-likeness (QED) is 0.469. The number of thioether (sulfide) groups is 1. The number of nitriles is 1. The molecule has 0 aliphatic carbocycles. The number of aromatic nitrogens is 3. The molecule has 0 spiro atoms. The van der Waals surface area contributed by atoms with E-state index >= 15 is 0 Å². The van der Waals surface area contributed by atoms with Crippen LogP contribution in [0.15, 0.2) is 39.9 Å². The SMILES string of the molecule is Cc1cc(C(F)(F)F)c(C#N)c(SCc2noc(-c3ccc(F)cc3)n2)n1. The molecule has 0 N–H and O–H groups in total. The number of aryl methyl sites for hydroxylation is 1. The number of benzene rings is 1. The Morgan fingerprint density at radius 3 is 2.52 bits per heavy atom. The lowest BCUT2D eigenvalue weighted by Gasteiger charge is -2.12. The first kappa shape index (κ1) is 18.8. The molecular weight excluding hydrogens is 384 g/mol. The Balaban J connectivity index is 1.83. The third kappa shape index (κ3) is 4.25. The van der Waals surface area contributed by atoms with E-state index in [9.17, 15) is 17.6 Å². The zero-order valence-electron chi connectivity index (χ0n) is 13.7. The molecular formula is C17H10F4N4OS. The van der Waals surface area contributed by atoms with Crippen molar-refractivity contribution in [1.82, 2.24) is 15.1 Å². The van der Waals surface area contributed by atoms with Gasteiger partial charge in [-0.1, -0.05) is 16.9 Å². The van der Waals surface area contributed by atoms with Crippen LogP contribution in [0.1, 0.15) is 22.6 Å². The van der Waals surface area contributed by atoms with Gasteiger partial charge in [-0.25, -0.2) is 9.37 Å². The fraction of sp³-hybridized carbons (Fsp3) is 0.176. The van der Waals surface area contributed by atoms with Gasteiger partial charge in [-0.3, -0.25) is 0 Å². The molecule has 0 saturated heterocycles. The molecule has 2 aromatic heterocycles. The maximum Gasteiger partial charge on any atom is 0.417 e. The highest BCUT2D eigenvalue weighted by molar-refractivity contribution is 7.98. The van der Waals surface area contributed by atoms with E-state index in [1.54, 1.807) is 6.07 Å². The summed E-state index contributed by atoms with van der Waals surface area (Å²) in [5.41, 5.74) is -0.921. The highest BCUT2D eigenvalue weighted by Crippen LogP contribution is 2.36. The predicted octanol–water partition coefficient (Wildman–Crippen LogP) is 4.76. The maximum atomic E-state index is 13.1. The largest absolute Gasteiger partial charge is 0.417 e. The molecule has 3 rings (SSSR count). The van der Waals surface area contributed by atoms with E-state index in [0.717, 1.165) is 17.8 Å². The summed E-state index contributed by atoms with van der Waals surface area (Å²) in [7, 11) is 0. The number of halogens is 4. The summed E-state index contributed by atoms with van der Waals surface area (Å²) >= 11 is 0.902. The molecule has 0 saturated carbocycles. The Hall–Kier alpha value is -2.93. The lowest BCUT2D eigenvalue weighted by atomic mass is 10.1. The third-order valence-corrected chi connectivity index (χ3v) is 4.40. The van der Waals surface area contributed by atoms with Crippen LogP contribution in [0.2, 0.25) is 0 Å². The minimum absolute atomic E-state index is 0.0487. The van der Waals surface area contributed by atoms with Gasteiger partial charge in [0.15, 0.2) is 5.82 Å². The van der Waals surface area contributed by atoms with Crippen molar-refractivity contribution in [2.75, 3.05) is 0 Å². The van der Waals surface area contributed by atoms with Gasteiger partial charge in [0.05, 0.1) is 16.9 Å². The molecule has 0 fully saturated rings. The van der Waals surface area contributed by atoms with Crippen LogP contribution in [0.3, 0.4) is 0 Å². The third-order valence-electron chi connectivity index (χ3n) is 3.43. The highest BCUT2D eigenvalue weighted by atomic mass is 32.2. The highest BCUT2D eigenvalue weighted by Gasteiger charge is 2.35. The summed E-state index contributed by atoms with van der Waals surface area (Å²) < 4.78 is 57.4. The minimum Gasteiger partial charge on any atom is -0.334 e. The molecule has 3 aromatic rings. The molecule has 0 aliphatic rings. The topological polar surface area (TPSA) is 75.6 Å². The van der Waals surface area contributed by atoms with Crippen molar-refractivity contribution in [3.8, 4) is 17.5 Å². The van der Waals surface area contributed by atoms with Gasteiger partial charge in [0.2, 0.25) is 0 Å². The summed E-state index contributed by atoms with van der Waals surface area (Å²) in [6.45, 7) is 1.42. The molecule has 10 heteroatoms. The first-order valence-corrected chi connectivity index (χ1v) is 8.46. The van der Waals surface area contributed by atoms with Gasteiger partial charge in [0, 0.05) is 11.3 Å². The normalized spacial score (nSPS) is 11.4. The summed E-state index contributed by atoms with van der Waals surface area (Å²) in [5, 5.41) is 12.8. The van der Waals surface area contributed by atoms with Crippen LogP contribution in [0.5, 0.6) is 0 Å². The molecule has 0 unspecified atom stereocenters. The van der Waals surface area contributed by atoms with Crippen molar-refractivity contribution in [2.45, 2.75) is 23.9 Å². The second kappa shape index (κ2) is 7.36. The number of rotatable bonds is 4. The molecule has 0 radical (unpaired) electrons. The Labute approximate surface area is 155 Å². The fourth-order valence-electron chi connectivity index (χ4n) is 2.24. The molecule has 0 aliphatic heterocycles. The monoisotopic (exact) mass is 394 g/mol. The van der Waals surface area contributed by atoms with Crippen LogP contribution in [0, 0.1) is 24.1 Å². The van der Waals surface area contributed by atoms with Crippen LogP contribution >= 0.6 is 11.8 Å². The molecule has 0 atom stereocenters. The van der Waals surface area contributed by atoms with E-state index in [1.807, 2.05) is 0 Å². The minimum atomic E-state index is -4.66. The zero-order chi connectivity index (χ0) is 19.6. The van der Waals surface area contributed by atoms with Gasteiger partial charge in [0.25, 0.3) is 5.89 Å². The molecule has 0 bridgehead atoms. The van der Waals surface area contributed by atoms with Crippen molar-refractivity contribution in [3.05, 3.63) is 58.8 Å². The van der Waals surface area contributed by atoms with Crippen molar-refractivity contribution < 1.29 is 22.1 Å². The summed E-state index contributed by atoms with van der Waals surface area (Å²) in [5.74, 6) is -0.00364. The lowest BCUT2D eigenvalue weighted by molar-refractivity contribution is -0.138. The standard InChI is InChI=1S/C17H10F4N4OS/c1-9-6-13(17(19,20)21)12(7-22)16(23-9)27-8-14-24-15(26-25-14)10-2-4-11(18)5-3-10/h2-6H,8H2,1H3. The first-order valence-electron chi connectivity index (χ1n) is 7.48. The number of alkyl halides is 3. The Bertz CT molecular complexity index is 1010. The lowest BCUT2D eigenvalue weighted by Crippen LogP contribution is -2.10. The molecule has 27 heavy (non-hydrogen) atoms. The summed E-state index contributed by atoms with van der Waals surface area (Å²) in [4.78, 5) is 8.14. The average Bonchev–Trinajstić information content (AvgIpc) is 3.08. The number of pyridine rings is 1. The maximum absolute atomic E-state index is 13.1. The van der Waals surface area contributed by atoms with E-state index in [2.05, 4.69) is 15.1 Å². The number of nitrogens with zero attached hydrogens (tertiary/aromatic N) is 4. The van der Waals surface area contributed by atoms with E-state index < -0.39 is 23.1 Å². The molecule has 138 valence electrons. The Morgan fingerprint density at radius 1 is 1.19 bits per heavy atom. The summed E-state index contributed by atoms with van der Waals surface area (Å²) in [6.07, 6.45) is -4.66. The van der Waals surface area contributed by atoms with Gasteiger partial charge in [0.1, 0.15) is 16.9 Å². The second-order valence-corrected chi connectivity index (χ2v) is 6.38. The first-order chi connectivity index (χ1) is 12.8. The van der Waals surface area contributed by atoms with Crippen molar-refractivity contribution >= 4 is 11.8 Å². The van der Waals surface area contributed by atoms with E-state index in [0.29, 0.717) is 5.56 Å². The van der Waals surface area contributed by atoms with Crippen LogP contribution in [0.4, 0.5) is 17.6 Å². The van der Waals surface area contributed by atoms with Crippen molar-refractivity contribution in [2.24, 2.45) is 0 Å². The molecule has 5 nitrogen and oxygen atoms in total. The number of hydrogen-bond donors (Lipinski definition) is 0. The summed E-state index contributed by atoms with van der Waals surface area (Å²) in [6, 6.07) is 7.81. The Kier molecular flexibility index (Phi) is 5.14. The van der Waals surface area contributed by atoms with Crippen molar-refractivity contribution in [3.63, 3.8) is 0 Å². The molecule has 0 amide bonds. The van der Waals surface area contributed by atoms with Gasteiger partial charge in [-0.15, -0.1) is 0 Å². The predicted molar refractivity (Wildman–Crippen MR) is 87.9 cm³/mol. The average molecular weight is 394 g/mol. The van der Waals surface area contributed by atoms with E-state index in [4.69, 9.17) is 9.78 Å². The number of hydrogen-bond acceptors (Lipinski definition) is 6. The van der Waals surface area contributed by atoms with Gasteiger partial charge >= 0.3 is 6.18 Å². The second-order valence-electron chi connectivity index (χ2n) is 5.41. The smallest absolute Gasteiger partial charge is 0.334 e. The van der Waals surface area contributed by atoms with Gasteiger partial charge in [-0.2, -0.15) is 23.4 Å². The van der Waals surface area contributed by atoms with Crippen LogP contribution in [0.25, 0.3) is 11.5 Å². The molecule has 1 aromatic carbocycles. The Morgan fingerprint density at radius 2 is 1.89 bits per heavy atom. The van der Waals surface area contributed by atoms with Crippen molar-refractivity contribution in [1.29, 1.82) is 5.26 Å². The van der Waals surface area contributed by atoms with Gasteiger partial charge < -0.3 is 4.52 Å². The molecule has 2 heterocycles. The van der Waals surface area contributed by atoms with E-state index in [1.165, 1.54) is 31.2 Å². The van der Waals surface area contributed by atoms with Crippen LogP contribution < -0.4 is 0 Å². The van der Waals surface area contributed by atoms with Crippen LogP contribution in [-0.2, 0) is 11.9 Å².